The molecule has 0 fully saturated rings. The lowest BCUT2D eigenvalue weighted by Gasteiger charge is -1.95. The number of hydrogen-bond donors (Lipinski definition) is 1. The van der Waals surface area contributed by atoms with Crippen LogP contribution in [0.25, 0.3) is 0 Å². The van der Waals surface area contributed by atoms with E-state index in [9.17, 15) is 4.39 Å². The molecule has 1 atom stereocenters. The van der Waals surface area contributed by atoms with Crippen molar-refractivity contribution in [2.45, 2.75) is 13.0 Å². The van der Waals surface area contributed by atoms with Gasteiger partial charge in [0.05, 0.1) is 6.04 Å². The van der Waals surface area contributed by atoms with Gasteiger partial charge >= 0.3 is 0 Å². The van der Waals surface area contributed by atoms with E-state index < -0.39 is 6.01 Å². The Bertz CT molecular complexity index is 195. The zero-order valence-corrected chi connectivity index (χ0v) is 5.10. The van der Waals surface area contributed by atoms with Crippen LogP contribution in [0.3, 0.4) is 0 Å². The van der Waals surface area contributed by atoms with E-state index in [1.54, 1.807) is 6.92 Å². The molecule has 1 aromatic rings. The zero-order chi connectivity index (χ0) is 6.85. The summed E-state index contributed by atoms with van der Waals surface area (Å²) in [6.45, 7) is 1.73. The van der Waals surface area contributed by atoms with E-state index in [0.717, 1.165) is 0 Å². The highest BCUT2D eigenvalue weighted by molar-refractivity contribution is 5.02. The fraction of sp³-hybridized carbons (Fsp3) is 0.333. The van der Waals surface area contributed by atoms with Gasteiger partial charge in [-0.15, -0.1) is 0 Å². The van der Waals surface area contributed by atoms with E-state index in [-0.39, 0.29) is 6.04 Å². The summed E-state index contributed by atoms with van der Waals surface area (Å²) in [4.78, 5) is 0. The van der Waals surface area contributed by atoms with Crippen molar-refractivity contribution in [3.8, 4) is 0 Å². The number of hydrogen-bond acceptors (Lipinski definition) is 2. The van der Waals surface area contributed by atoms with Crippen molar-refractivity contribution in [2.75, 3.05) is 0 Å². The van der Waals surface area contributed by atoms with Crippen molar-refractivity contribution in [2.24, 2.45) is 5.73 Å². The molecule has 0 bridgehead atoms. The average molecular weight is 129 g/mol. The molecule has 0 radical (unpaired) electrons. The average Bonchev–Trinajstić information content (AvgIpc) is 2.14. The maximum Gasteiger partial charge on any atom is 0.277 e. The summed E-state index contributed by atoms with van der Waals surface area (Å²) in [5.41, 5.74) is 5.37. The number of furan rings is 1. The molecule has 50 valence electrons. The Morgan fingerprint density at radius 3 is 2.56 bits per heavy atom. The second-order valence-electron chi connectivity index (χ2n) is 1.93. The molecule has 1 aromatic heterocycles. The van der Waals surface area contributed by atoms with Gasteiger partial charge in [-0.2, -0.15) is 4.39 Å². The van der Waals surface area contributed by atoms with Gasteiger partial charge in [0.2, 0.25) is 0 Å². The molecule has 3 heteroatoms. The van der Waals surface area contributed by atoms with Crippen molar-refractivity contribution in [3.63, 3.8) is 0 Å². The fourth-order valence-electron chi connectivity index (χ4n) is 0.573. The van der Waals surface area contributed by atoms with Gasteiger partial charge in [0.25, 0.3) is 6.01 Å². The normalized spacial score (nSPS) is 13.7. The molecule has 0 saturated carbocycles. The van der Waals surface area contributed by atoms with Crippen molar-refractivity contribution < 1.29 is 8.81 Å². The van der Waals surface area contributed by atoms with E-state index in [2.05, 4.69) is 4.42 Å². The van der Waals surface area contributed by atoms with Gasteiger partial charge in [0.1, 0.15) is 5.76 Å². The second kappa shape index (κ2) is 2.19. The third-order valence-electron chi connectivity index (χ3n) is 1.04. The lowest BCUT2D eigenvalue weighted by molar-refractivity contribution is 0.328. The molecule has 1 heterocycles. The Hall–Kier alpha value is -0.830. The third-order valence-corrected chi connectivity index (χ3v) is 1.04. The van der Waals surface area contributed by atoms with Crippen LogP contribution in [0.2, 0.25) is 0 Å². The van der Waals surface area contributed by atoms with Gasteiger partial charge in [-0.3, -0.25) is 0 Å². The molecule has 0 unspecified atom stereocenters. The Balaban J connectivity index is 2.85. The van der Waals surface area contributed by atoms with Crippen LogP contribution in [-0.4, -0.2) is 0 Å². The largest absolute Gasteiger partial charge is 0.435 e. The topological polar surface area (TPSA) is 39.2 Å². The van der Waals surface area contributed by atoms with Crippen molar-refractivity contribution >= 4 is 0 Å². The van der Waals surface area contributed by atoms with Crippen molar-refractivity contribution in [3.05, 3.63) is 23.9 Å². The van der Waals surface area contributed by atoms with Gasteiger partial charge in [-0.25, -0.2) is 0 Å². The van der Waals surface area contributed by atoms with Gasteiger partial charge in [0.15, 0.2) is 0 Å². The van der Waals surface area contributed by atoms with E-state index in [1.165, 1.54) is 12.1 Å². The zero-order valence-electron chi connectivity index (χ0n) is 5.10. The lowest BCUT2D eigenvalue weighted by atomic mass is 10.3. The first kappa shape index (κ1) is 6.29. The molecule has 0 aliphatic rings. The lowest BCUT2D eigenvalue weighted by Crippen LogP contribution is -2.02. The first-order valence-corrected chi connectivity index (χ1v) is 2.71. The Morgan fingerprint density at radius 1 is 1.67 bits per heavy atom. The van der Waals surface area contributed by atoms with Crippen LogP contribution in [-0.2, 0) is 0 Å². The summed E-state index contributed by atoms with van der Waals surface area (Å²) in [5, 5.41) is 0. The standard InChI is InChI=1S/C6H8FNO/c1-4(8)5-2-3-6(7)9-5/h2-4H,8H2,1H3/t4-/m1/s1. The molecule has 0 amide bonds. The summed E-state index contributed by atoms with van der Waals surface area (Å²) in [7, 11) is 0. The SMILES string of the molecule is C[C@@H](N)c1ccc(F)o1. The second-order valence-corrected chi connectivity index (χ2v) is 1.93. The minimum Gasteiger partial charge on any atom is -0.435 e. The van der Waals surface area contributed by atoms with E-state index >= 15 is 0 Å². The summed E-state index contributed by atoms with van der Waals surface area (Å²) in [6, 6.07) is 1.97. The summed E-state index contributed by atoms with van der Waals surface area (Å²) in [6.07, 6.45) is 0. The van der Waals surface area contributed by atoms with E-state index in [0.29, 0.717) is 5.76 Å². The Labute approximate surface area is 52.5 Å². The minimum absolute atomic E-state index is 0.227. The summed E-state index contributed by atoms with van der Waals surface area (Å²) >= 11 is 0. The monoisotopic (exact) mass is 129 g/mol. The molecule has 2 N–H and O–H groups in total. The van der Waals surface area contributed by atoms with Crippen molar-refractivity contribution in [1.29, 1.82) is 0 Å². The van der Waals surface area contributed by atoms with Gasteiger partial charge in [-0.05, 0) is 13.0 Å². The minimum atomic E-state index is -0.581. The number of nitrogens with two attached hydrogens (primary N) is 1. The maximum atomic E-state index is 12.1. The first-order chi connectivity index (χ1) is 4.20. The van der Waals surface area contributed by atoms with E-state index in [4.69, 9.17) is 5.73 Å². The number of rotatable bonds is 1. The molecule has 0 aliphatic heterocycles. The molecule has 2 nitrogen and oxygen atoms in total. The summed E-state index contributed by atoms with van der Waals surface area (Å²) < 4.78 is 16.6. The molecule has 0 saturated heterocycles. The smallest absolute Gasteiger partial charge is 0.277 e. The van der Waals surface area contributed by atoms with Crippen LogP contribution in [0, 0.1) is 6.01 Å². The molecule has 9 heavy (non-hydrogen) atoms. The van der Waals surface area contributed by atoms with Gasteiger partial charge < -0.3 is 10.2 Å². The van der Waals surface area contributed by atoms with Gasteiger partial charge in [-0.1, -0.05) is 0 Å². The fourth-order valence-corrected chi connectivity index (χ4v) is 0.573. The number of halogens is 1. The highest BCUT2D eigenvalue weighted by atomic mass is 19.1. The third kappa shape index (κ3) is 1.29. The maximum absolute atomic E-state index is 12.1. The highest BCUT2D eigenvalue weighted by Crippen LogP contribution is 2.11. The predicted molar refractivity (Wildman–Crippen MR) is 31.3 cm³/mol. The Kier molecular flexibility index (Phi) is 1.53. The first-order valence-electron chi connectivity index (χ1n) is 2.71. The molecule has 0 spiro atoms. The molecule has 1 rings (SSSR count). The quantitative estimate of drug-likeness (QED) is 0.623. The molecule has 0 aliphatic carbocycles. The predicted octanol–water partition coefficient (Wildman–Crippen LogP) is 1.44. The summed E-state index contributed by atoms with van der Waals surface area (Å²) in [5.74, 6) is 0.479. The Morgan fingerprint density at radius 2 is 2.33 bits per heavy atom. The van der Waals surface area contributed by atoms with Crippen LogP contribution in [0.15, 0.2) is 16.5 Å². The molecular formula is C6H8FNO. The highest BCUT2D eigenvalue weighted by Gasteiger charge is 2.03. The van der Waals surface area contributed by atoms with Crippen LogP contribution in [0.5, 0.6) is 0 Å². The molecular weight excluding hydrogens is 121 g/mol. The molecule has 0 aromatic carbocycles. The van der Waals surface area contributed by atoms with Crippen LogP contribution >= 0.6 is 0 Å². The van der Waals surface area contributed by atoms with Crippen molar-refractivity contribution in [1.82, 2.24) is 0 Å². The van der Waals surface area contributed by atoms with E-state index in [1.807, 2.05) is 0 Å². The van der Waals surface area contributed by atoms with Gasteiger partial charge in [0, 0.05) is 6.07 Å². The van der Waals surface area contributed by atoms with Crippen LogP contribution in [0.1, 0.15) is 18.7 Å². The van der Waals surface area contributed by atoms with Crippen LogP contribution < -0.4 is 5.73 Å². The van der Waals surface area contributed by atoms with Crippen LogP contribution in [0.4, 0.5) is 4.39 Å².